The number of fused-ring (bicyclic) bond motifs is 1. The molecule has 4 nitrogen and oxygen atoms in total. The molecule has 1 aromatic heterocycles. The minimum atomic E-state index is 0.0489. The van der Waals surface area contributed by atoms with E-state index in [1.54, 1.807) is 16.2 Å². The SMILES string of the molecule is C[C@H]1c2ccsc2CCN1C(=O)c1cccc(N2CCCC2=O)c1. The van der Waals surface area contributed by atoms with Crippen LogP contribution in [0.5, 0.6) is 0 Å². The number of carbonyl (C=O) groups is 2. The van der Waals surface area contributed by atoms with Gasteiger partial charge in [0.15, 0.2) is 0 Å². The van der Waals surface area contributed by atoms with Crippen LogP contribution >= 0.6 is 11.3 Å². The fourth-order valence-electron chi connectivity index (χ4n) is 3.68. The molecule has 124 valence electrons. The number of carbonyl (C=O) groups excluding carboxylic acids is 2. The number of amides is 2. The van der Waals surface area contributed by atoms with Gasteiger partial charge in [-0.3, -0.25) is 9.59 Å². The van der Waals surface area contributed by atoms with E-state index in [0.29, 0.717) is 12.0 Å². The zero-order valence-corrected chi connectivity index (χ0v) is 14.5. The molecule has 0 spiro atoms. The summed E-state index contributed by atoms with van der Waals surface area (Å²) in [6.45, 7) is 3.59. The van der Waals surface area contributed by atoms with Crippen molar-refractivity contribution in [2.24, 2.45) is 0 Å². The molecule has 24 heavy (non-hydrogen) atoms. The molecule has 1 fully saturated rings. The Labute approximate surface area is 145 Å². The first-order valence-electron chi connectivity index (χ1n) is 8.43. The average molecular weight is 340 g/mol. The minimum absolute atomic E-state index is 0.0489. The predicted molar refractivity (Wildman–Crippen MR) is 95.5 cm³/mol. The van der Waals surface area contributed by atoms with Crippen molar-refractivity contribution in [2.45, 2.75) is 32.2 Å². The van der Waals surface area contributed by atoms with Gasteiger partial charge in [-0.1, -0.05) is 6.07 Å². The highest BCUT2D eigenvalue weighted by molar-refractivity contribution is 7.10. The van der Waals surface area contributed by atoms with E-state index >= 15 is 0 Å². The van der Waals surface area contributed by atoms with E-state index in [1.165, 1.54) is 10.4 Å². The van der Waals surface area contributed by atoms with Gasteiger partial charge in [0, 0.05) is 35.6 Å². The highest BCUT2D eigenvalue weighted by atomic mass is 32.1. The van der Waals surface area contributed by atoms with E-state index in [-0.39, 0.29) is 17.9 Å². The molecule has 2 aromatic rings. The molecule has 2 aliphatic rings. The molecular formula is C19H20N2O2S. The first kappa shape index (κ1) is 15.4. The summed E-state index contributed by atoms with van der Waals surface area (Å²) in [7, 11) is 0. The second-order valence-corrected chi connectivity index (χ2v) is 7.42. The van der Waals surface area contributed by atoms with Crippen molar-refractivity contribution in [1.82, 2.24) is 4.90 Å². The Hall–Kier alpha value is -2.14. The lowest BCUT2D eigenvalue weighted by Crippen LogP contribution is -2.38. The fourth-order valence-corrected chi connectivity index (χ4v) is 4.64. The Morgan fingerprint density at radius 1 is 1.21 bits per heavy atom. The fraction of sp³-hybridized carbons (Fsp3) is 0.368. The largest absolute Gasteiger partial charge is 0.331 e. The normalized spacial score (nSPS) is 20.4. The van der Waals surface area contributed by atoms with E-state index in [0.717, 1.165) is 31.6 Å². The second-order valence-electron chi connectivity index (χ2n) is 6.42. The second kappa shape index (κ2) is 6.06. The van der Waals surface area contributed by atoms with Crippen LogP contribution in [-0.2, 0) is 11.2 Å². The molecule has 5 heteroatoms. The van der Waals surface area contributed by atoms with Crippen molar-refractivity contribution in [3.05, 3.63) is 51.7 Å². The van der Waals surface area contributed by atoms with Crippen LogP contribution in [0.3, 0.4) is 0 Å². The molecule has 0 aliphatic carbocycles. The van der Waals surface area contributed by atoms with Gasteiger partial charge in [0.1, 0.15) is 0 Å². The van der Waals surface area contributed by atoms with E-state index < -0.39 is 0 Å². The molecule has 1 saturated heterocycles. The van der Waals surface area contributed by atoms with Gasteiger partial charge >= 0.3 is 0 Å². The summed E-state index contributed by atoms with van der Waals surface area (Å²) in [5.74, 6) is 0.196. The number of anilines is 1. The van der Waals surface area contributed by atoms with E-state index in [1.807, 2.05) is 29.2 Å². The lowest BCUT2D eigenvalue weighted by atomic mass is 10.00. The van der Waals surface area contributed by atoms with Crippen molar-refractivity contribution < 1.29 is 9.59 Å². The van der Waals surface area contributed by atoms with Crippen molar-refractivity contribution in [3.63, 3.8) is 0 Å². The van der Waals surface area contributed by atoms with E-state index in [4.69, 9.17) is 0 Å². The van der Waals surface area contributed by atoms with Crippen molar-refractivity contribution in [3.8, 4) is 0 Å². The lowest BCUT2D eigenvalue weighted by molar-refractivity contribution is -0.117. The summed E-state index contributed by atoms with van der Waals surface area (Å²) in [5.41, 5.74) is 2.77. The molecule has 4 rings (SSSR count). The van der Waals surface area contributed by atoms with Gasteiger partial charge < -0.3 is 9.80 Å². The number of hydrogen-bond acceptors (Lipinski definition) is 3. The highest BCUT2D eigenvalue weighted by Gasteiger charge is 2.29. The van der Waals surface area contributed by atoms with Gasteiger partial charge in [-0.25, -0.2) is 0 Å². The van der Waals surface area contributed by atoms with Crippen LogP contribution in [0.4, 0.5) is 5.69 Å². The molecule has 2 amide bonds. The third-order valence-corrected chi connectivity index (χ3v) is 6.01. The smallest absolute Gasteiger partial charge is 0.254 e. The maximum Gasteiger partial charge on any atom is 0.254 e. The topological polar surface area (TPSA) is 40.6 Å². The summed E-state index contributed by atoms with van der Waals surface area (Å²) >= 11 is 1.78. The highest BCUT2D eigenvalue weighted by Crippen LogP contribution is 2.34. The molecule has 2 aliphatic heterocycles. The number of rotatable bonds is 2. The van der Waals surface area contributed by atoms with Crippen LogP contribution < -0.4 is 4.90 Å². The van der Waals surface area contributed by atoms with Crippen LogP contribution in [0.15, 0.2) is 35.7 Å². The molecule has 0 radical (unpaired) electrons. The number of benzene rings is 1. The number of thiophene rings is 1. The zero-order valence-electron chi connectivity index (χ0n) is 13.7. The molecule has 0 saturated carbocycles. The van der Waals surface area contributed by atoms with Gasteiger partial charge in [-0.15, -0.1) is 11.3 Å². The molecule has 0 bridgehead atoms. The Kier molecular flexibility index (Phi) is 3.88. The first-order valence-corrected chi connectivity index (χ1v) is 9.31. The Morgan fingerprint density at radius 3 is 2.88 bits per heavy atom. The van der Waals surface area contributed by atoms with Crippen LogP contribution in [-0.4, -0.2) is 29.8 Å². The van der Waals surface area contributed by atoms with Crippen LogP contribution in [0.2, 0.25) is 0 Å². The number of nitrogens with zero attached hydrogens (tertiary/aromatic N) is 2. The average Bonchev–Trinajstić information content (AvgIpc) is 3.24. The van der Waals surface area contributed by atoms with Gasteiger partial charge in [0.05, 0.1) is 6.04 Å². The lowest BCUT2D eigenvalue weighted by Gasteiger charge is -2.34. The minimum Gasteiger partial charge on any atom is -0.331 e. The Morgan fingerprint density at radius 2 is 2.08 bits per heavy atom. The monoisotopic (exact) mass is 340 g/mol. The number of hydrogen-bond donors (Lipinski definition) is 0. The zero-order chi connectivity index (χ0) is 16.7. The Balaban J connectivity index is 1.60. The van der Waals surface area contributed by atoms with Crippen LogP contribution in [0.25, 0.3) is 0 Å². The molecule has 0 unspecified atom stereocenters. The molecular weight excluding hydrogens is 320 g/mol. The Bertz CT molecular complexity index is 798. The standard InChI is InChI=1S/C19H20N2O2S/c1-13-16-8-11-24-17(16)7-10-20(13)19(23)14-4-2-5-15(12-14)21-9-3-6-18(21)22/h2,4-5,8,11-13H,3,6-7,9-10H2,1H3/t13-/m0/s1. The summed E-state index contributed by atoms with van der Waals surface area (Å²) in [6.07, 6.45) is 2.41. The van der Waals surface area contributed by atoms with Gasteiger partial charge in [0.2, 0.25) is 5.91 Å². The molecule has 3 heterocycles. The summed E-state index contributed by atoms with van der Waals surface area (Å²) in [4.78, 5) is 30.1. The van der Waals surface area contributed by atoms with Crippen LogP contribution in [0.1, 0.15) is 46.6 Å². The molecule has 1 aromatic carbocycles. The quantitative estimate of drug-likeness (QED) is 0.837. The summed E-state index contributed by atoms with van der Waals surface area (Å²) in [6, 6.07) is 9.73. The van der Waals surface area contributed by atoms with Gasteiger partial charge in [-0.2, -0.15) is 0 Å². The summed E-state index contributed by atoms with van der Waals surface area (Å²) < 4.78 is 0. The molecule has 1 atom stereocenters. The third-order valence-electron chi connectivity index (χ3n) is 5.02. The predicted octanol–water partition coefficient (Wildman–Crippen LogP) is 3.63. The van der Waals surface area contributed by atoms with Crippen molar-refractivity contribution >= 4 is 28.8 Å². The van der Waals surface area contributed by atoms with Gasteiger partial charge in [0.25, 0.3) is 5.91 Å². The van der Waals surface area contributed by atoms with Crippen LogP contribution in [0, 0.1) is 0 Å². The molecule has 0 N–H and O–H groups in total. The van der Waals surface area contributed by atoms with Crippen molar-refractivity contribution in [2.75, 3.05) is 18.0 Å². The summed E-state index contributed by atoms with van der Waals surface area (Å²) in [5, 5.41) is 2.11. The van der Waals surface area contributed by atoms with E-state index in [9.17, 15) is 9.59 Å². The van der Waals surface area contributed by atoms with Crippen molar-refractivity contribution in [1.29, 1.82) is 0 Å². The van der Waals surface area contributed by atoms with E-state index in [2.05, 4.69) is 18.4 Å². The maximum atomic E-state index is 13.0. The third kappa shape index (κ3) is 2.53. The van der Waals surface area contributed by atoms with Gasteiger partial charge in [-0.05, 0) is 55.0 Å². The first-order chi connectivity index (χ1) is 11.6. The maximum absolute atomic E-state index is 13.0.